The third kappa shape index (κ3) is 10.4. The molecule has 10 aliphatic carbocycles. The largest absolute Gasteiger partial charge is 0.550 e. The van der Waals surface area contributed by atoms with Crippen molar-refractivity contribution in [1.82, 2.24) is 4.90 Å². The van der Waals surface area contributed by atoms with Crippen LogP contribution in [0.3, 0.4) is 0 Å². The highest BCUT2D eigenvalue weighted by atomic mass is 16.4. The zero-order valence-corrected chi connectivity index (χ0v) is 55.6. The van der Waals surface area contributed by atoms with Crippen molar-refractivity contribution in [2.24, 2.45) is 152 Å². The zero-order chi connectivity index (χ0) is 63.3. The van der Waals surface area contributed by atoms with Gasteiger partial charge in [0.15, 0.2) is 5.96 Å². The van der Waals surface area contributed by atoms with E-state index in [0.29, 0.717) is 53.3 Å². The van der Waals surface area contributed by atoms with Crippen LogP contribution < -0.4 is 33.8 Å². The number of nitrogens with two attached hydrogens (primary N) is 5. The van der Waals surface area contributed by atoms with E-state index in [2.05, 4.69) is 119 Å². The molecule has 0 heterocycles. The molecule has 0 aromatic heterocycles. The lowest BCUT2D eigenvalue weighted by atomic mass is 9.33. The van der Waals surface area contributed by atoms with Gasteiger partial charge in [0.2, 0.25) is 5.96 Å². The number of aliphatic hydroxyl groups excluding tert-OH is 2. The number of nitrogens with one attached hydrogen (secondary N) is 1. The van der Waals surface area contributed by atoms with Crippen LogP contribution in [0, 0.1) is 119 Å². The maximum Gasteiger partial charge on any atom is 0.387 e. The van der Waals surface area contributed by atoms with Crippen LogP contribution in [0.2, 0.25) is 0 Å². The molecule has 20 atom stereocenters. The quantitative estimate of drug-likeness (QED) is 0.0541. The van der Waals surface area contributed by atoms with Gasteiger partial charge in [-0.05, 0) is 223 Å². The number of aliphatic carboxylic acids is 2. The molecule has 0 spiro atoms. The fraction of sp³-hybridized carbons (Fsp3) is 0.853. The molecule has 0 aromatic carbocycles. The number of guanidine groups is 4. The monoisotopic (exact) mass is 1170 g/mol. The van der Waals surface area contributed by atoms with E-state index < -0.39 is 22.8 Å². The molecule has 0 aromatic rings. The van der Waals surface area contributed by atoms with Crippen LogP contribution in [0.1, 0.15) is 213 Å². The lowest BCUT2D eigenvalue weighted by molar-refractivity contribution is -0.466. The van der Waals surface area contributed by atoms with Crippen molar-refractivity contribution < 1.29 is 34.6 Å². The van der Waals surface area contributed by atoms with Gasteiger partial charge in [-0.25, -0.2) is 0 Å². The van der Waals surface area contributed by atoms with Crippen LogP contribution in [0.5, 0.6) is 0 Å². The minimum Gasteiger partial charge on any atom is -0.550 e. The summed E-state index contributed by atoms with van der Waals surface area (Å²) < 4.78 is 1.61. The second-order valence-corrected chi connectivity index (χ2v) is 32.5. The predicted molar refractivity (Wildman–Crippen MR) is 337 cm³/mol. The summed E-state index contributed by atoms with van der Waals surface area (Å²) in [6, 6.07) is 0. The van der Waals surface area contributed by atoms with E-state index >= 15 is 0 Å². The topological polar surface area (TPSA) is 303 Å². The summed E-state index contributed by atoms with van der Waals surface area (Å²) in [6.45, 7) is 33.8. The number of allylic oxidation sites excluding steroid dienone is 4. The van der Waals surface area contributed by atoms with Gasteiger partial charge in [-0.3, -0.25) is 20.5 Å². The van der Waals surface area contributed by atoms with Crippen LogP contribution >= 0.6 is 0 Å². The van der Waals surface area contributed by atoms with Crippen molar-refractivity contribution in [2.45, 2.75) is 225 Å². The summed E-state index contributed by atoms with van der Waals surface area (Å²) in [5, 5.41) is 51.7. The standard InChI is InChI=1S/2C30H48O3.2C4H11N5/c2*1-18-10-15-30(25(32)33)17-16-28(6)20(24(30)19(18)2)8-9-22-27(5)13-12-23(31)26(3,4)21(27)11-14-29(22,28)7;2*1-9(2)4(7)8-3(5)6/h2*8,18-19,21-24,31H,9-17H2,1-7H3,(H,32,33);2*1-2H3,(H5,5,6,7,8)/t2*18-,19+,21+,22-,23+,24+,27+,28-,29-,30+;;/m11../s1. The van der Waals surface area contributed by atoms with Crippen LogP contribution in [0.25, 0.3) is 0 Å². The van der Waals surface area contributed by atoms with Gasteiger partial charge in [0, 0.05) is 25.5 Å². The van der Waals surface area contributed by atoms with E-state index in [1.807, 2.05) is 0 Å². The van der Waals surface area contributed by atoms with Crippen LogP contribution in [-0.4, -0.2) is 101 Å². The molecule has 0 unspecified atom stereocenters. The minimum atomic E-state index is -0.792. The number of aliphatic imine (C=N–C) groups is 2. The van der Waals surface area contributed by atoms with Gasteiger partial charge >= 0.3 is 11.9 Å². The SMILES string of the molecule is CN(C)C(N)=NC(=N)N.C[C@H]1[C@H](C)CC[C@]2(C(=O)O)CC[C@]3(C)C(=CC[C@@H]4[C@@]5(C)CC[C@H](O)C(C)(C)[C@@H]5CC[C@]43C)[C@H]12.C[C@H]1[C@H](C)CC[C@]2(C(=O)[O-])CC[C@]3(C)C(=CC[C@@H]4[C@@]5(C)CC[C@H](O)C(C)(C)[C@@H]5CC[C@]43C)[C@H]12.C[N+](C)=C(N)N=C(N)N. The fourth-order valence-corrected chi connectivity index (χ4v) is 22.1. The van der Waals surface area contributed by atoms with Gasteiger partial charge in [-0.2, -0.15) is 4.99 Å². The highest BCUT2D eigenvalue weighted by Crippen LogP contribution is 2.78. The van der Waals surface area contributed by atoms with Gasteiger partial charge in [-0.15, -0.1) is 0 Å². The molecule has 14 N–H and O–H groups in total. The molecule has 0 amide bonds. The number of rotatable bonds is 2. The van der Waals surface area contributed by atoms with Crippen molar-refractivity contribution in [3.8, 4) is 0 Å². The number of carboxylic acid groups (broad SMARTS) is 2. The molecule has 0 aliphatic heterocycles. The van der Waals surface area contributed by atoms with Crippen molar-refractivity contribution in [1.29, 1.82) is 5.41 Å². The molecule has 10 rings (SSSR count). The summed E-state index contributed by atoms with van der Waals surface area (Å²) >= 11 is 0. The number of carboxylic acids is 2. The third-order valence-corrected chi connectivity index (χ3v) is 28.2. The number of nitrogens with zero attached hydrogens (tertiary/aromatic N) is 4. The summed E-state index contributed by atoms with van der Waals surface area (Å²) in [7, 11) is 6.95. The van der Waals surface area contributed by atoms with Crippen molar-refractivity contribution in [3.63, 3.8) is 0 Å². The fourth-order valence-electron chi connectivity index (χ4n) is 22.1. The molecule has 84 heavy (non-hydrogen) atoms. The highest BCUT2D eigenvalue weighted by molar-refractivity contribution is 5.91. The molecule has 0 radical (unpaired) electrons. The van der Waals surface area contributed by atoms with Crippen LogP contribution in [0.4, 0.5) is 0 Å². The number of aliphatic hydroxyl groups is 2. The Morgan fingerprint density at radius 1 is 0.583 bits per heavy atom. The Morgan fingerprint density at radius 2 is 0.976 bits per heavy atom. The molecule has 8 fully saturated rings. The van der Waals surface area contributed by atoms with E-state index in [9.17, 15) is 30.0 Å². The van der Waals surface area contributed by atoms with Gasteiger partial charge in [0.1, 0.15) is 0 Å². The summed E-state index contributed by atoms with van der Waals surface area (Å²) in [5.41, 5.74) is 28.3. The van der Waals surface area contributed by atoms with E-state index in [-0.39, 0.29) is 85.2 Å². The summed E-state index contributed by atoms with van der Waals surface area (Å²) in [6.07, 6.45) is 23.0. The Morgan fingerprint density at radius 3 is 1.31 bits per heavy atom. The normalized spacial score (nSPS) is 45.5. The van der Waals surface area contributed by atoms with Gasteiger partial charge < -0.3 is 53.1 Å². The number of hydrogen-bond donors (Lipinski definition) is 9. The van der Waals surface area contributed by atoms with E-state index in [1.54, 1.807) is 37.7 Å². The Balaban J connectivity index is 0.000000187. The lowest BCUT2D eigenvalue weighted by Gasteiger charge is -2.71. The maximum absolute atomic E-state index is 12.8. The molecule has 10 aliphatic rings. The Bertz CT molecular complexity index is 2530. The van der Waals surface area contributed by atoms with Crippen molar-refractivity contribution in [2.75, 3.05) is 28.2 Å². The summed E-state index contributed by atoms with van der Waals surface area (Å²) in [5.74, 6) is 3.48. The maximum atomic E-state index is 12.8. The third-order valence-electron chi connectivity index (χ3n) is 28.2. The van der Waals surface area contributed by atoms with Crippen LogP contribution in [-0.2, 0) is 9.59 Å². The molecule has 8 saturated carbocycles. The Labute approximate surface area is 506 Å². The van der Waals surface area contributed by atoms with E-state index in [0.717, 1.165) is 89.9 Å². The second-order valence-electron chi connectivity index (χ2n) is 32.5. The smallest absolute Gasteiger partial charge is 0.387 e. The predicted octanol–water partition coefficient (Wildman–Crippen LogP) is 9.45. The Kier molecular flexibility index (Phi) is 18.5. The molecule has 476 valence electrons. The van der Waals surface area contributed by atoms with Gasteiger partial charge in [-0.1, -0.05) is 120 Å². The van der Waals surface area contributed by atoms with Crippen molar-refractivity contribution in [3.05, 3.63) is 23.3 Å². The van der Waals surface area contributed by atoms with Gasteiger partial charge in [0.25, 0.3) is 5.96 Å². The average molecular weight is 1170 g/mol. The minimum absolute atomic E-state index is 0.0267. The molecular weight excluding hydrogens is 1050 g/mol. The lowest BCUT2D eigenvalue weighted by Crippen LogP contribution is -2.66. The highest BCUT2D eigenvalue weighted by Gasteiger charge is 2.71. The molecule has 0 bridgehead atoms. The first-order valence-corrected chi connectivity index (χ1v) is 32.6. The first-order chi connectivity index (χ1) is 38.6. The molecular formula is C68H118N10O6. The number of hydrogen-bond acceptors (Lipinski definition) is 6. The number of carbonyl (C=O) groups is 2. The van der Waals surface area contributed by atoms with E-state index in [4.69, 9.17) is 34.1 Å². The first-order valence-electron chi connectivity index (χ1n) is 32.6. The van der Waals surface area contributed by atoms with E-state index in [1.165, 1.54) is 36.8 Å². The number of carbonyl (C=O) groups excluding carboxylic acids is 1. The molecule has 0 saturated heterocycles. The van der Waals surface area contributed by atoms with Crippen LogP contribution in [0.15, 0.2) is 33.3 Å². The Hall–Kier alpha value is -4.18. The first kappa shape index (κ1) is 67.3. The molecule has 16 nitrogen and oxygen atoms in total. The summed E-state index contributed by atoms with van der Waals surface area (Å²) in [4.78, 5) is 34.1. The molecule has 16 heteroatoms. The zero-order valence-electron chi connectivity index (χ0n) is 55.6. The van der Waals surface area contributed by atoms with Gasteiger partial charge in [0.05, 0.1) is 31.7 Å². The second kappa shape index (κ2) is 23.1. The number of fused-ring (bicyclic) bond motifs is 14. The van der Waals surface area contributed by atoms with Crippen molar-refractivity contribution >= 4 is 35.8 Å². The average Bonchev–Trinajstić information content (AvgIpc) is 0.694.